The summed E-state index contributed by atoms with van der Waals surface area (Å²) in [7, 11) is 0. The van der Waals surface area contributed by atoms with Crippen molar-refractivity contribution >= 4 is 28.1 Å². The molecule has 0 atom stereocenters. The molecule has 0 saturated heterocycles. The van der Waals surface area contributed by atoms with Crippen LogP contribution in [0.3, 0.4) is 0 Å². The standard InChI is InChI=1S/C13H24BrNO4/c1-11(2,3)13(14,12(4,5)6)7-8-19-10(18)15-9(16)17/h7-8H2,1-6H3,(H,15,18)(H,16,17)/p-1. The molecular weight excluding hydrogens is 314 g/mol. The summed E-state index contributed by atoms with van der Waals surface area (Å²) in [5, 5.41) is 11.7. The van der Waals surface area contributed by atoms with Crippen LogP contribution in [0.25, 0.3) is 0 Å². The SMILES string of the molecule is CC(C)(C)C(Br)(CCOC(=O)NC(=O)[O-])C(C)(C)C. The molecule has 0 aromatic heterocycles. The van der Waals surface area contributed by atoms with Crippen LogP contribution in [-0.4, -0.2) is 23.1 Å². The number of carbonyl (C=O) groups excluding carboxylic acids is 2. The summed E-state index contributed by atoms with van der Waals surface area (Å²) < 4.78 is 4.58. The summed E-state index contributed by atoms with van der Waals surface area (Å²) in [4.78, 5) is 21.2. The van der Waals surface area contributed by atoms with E-state index in [0.29, 0.717) is 6.42 Å². The third-order valence-corrected chi connectivity index (χ3v) is 6.04. The molecule has 0 bridgehead atoms. The first-order valence-corrected chi connectivity index (χ1v) is 6.94. The lowest BCUT2D eigenvalue weighted by molar-refractivity contribution is -0.249. The van der Waals surface area contributed by atoms with Crippen molar-refractivity contribution in [2.75, 3.05) is 6.61 Å². The highest BCUT2D eigenvalue weighted by molar-refractivity contribution is 9.10. The Morgan fingerprint density at radius 1 is 1.11 bits per heavy atom. The number of imide groups is 1. The second kappa shape index (κ2) is 6.11. The number of ether oxygens (including phenoxy) is 1. The summed E-state index contributed by atoms with van der Waals surface area (Å²) in [6.07, 6.45) is -2.10. The molecular formula is C13H23BrNO4-. The van der Waals surface area contributed by atoms with E-state index < -0.39 is 12.2 Å². The van der Waals surface area contributed by atoms with E-state index in [0.717, 1.165) is 0 Å². The van der Waals surface area contributed by atoms with Crippen LogP contribution in [0.15, 0.2) is 0 Å². The van der Waals surface area contributed by atoms with Gasteiger partial charge in [-0.3, -0.25) is 5.32 Å². The second-order valence-electron chi connectivity index (χ2n) is 6.60. The van der Waals surface area contributed by atoms with Crippen molar-refractivity contribution in [2.24, 2.45) is 10.8 Å². The Balaban J connectivity index is 4.64. The number of rotatable bonds is 3. The molecule has 0 aliphatic carbocycles. The summed E-state index contributed by atoms with van der Waals surface area (Å²) in [6.45, 7) is 12.8. The normalized spacial score (nSPS) is 13.0. The van der Waals surface area contributed by atoms with Gasteiger partial charge in [0.1, 0.15) is 6.09 Å². The Hall–Kier alpha value is -0.780. The molecule has 0 heterocycles. The summed E-state index contributed by atoms with van der Waals surface area (Å²) in [6, 6.07) is 0. The van der Waals surface area contributed by atoms with Gasteiger partial charge in [0.25, 0.3) is 0 Å². The van der Waals surface area contributed by atoms with Crippen LogP contribution >= 0.6 is 15.9 Å². The maximum absolute atomic E-state index is 11.1. The molecule has 0 saturated carbocycles. The Bertz CT molecular complexity index is 328. The smallest absolute Gasteiger partial charge is 0.412 e. The molecule has 0 unspecified atom stereocenters. The number of alkyl carbamates (subject to hydrolysis) is 1. The van der Waals surface area contributed by atoms with Gasteiger partial charge in [0.15, 0.2) is 0 Å². The molecule has 2 amide bonds. The molecule has 0 rings (SSSR count). The van der Waals surface area contributed by atoms with Gasteiger partial charge in [-0.05, 0) is 17.3 Å². The molecule has 0 radical (unpaired) electrons. The zero-order valence-corrected chi connectivity index (χ0v) is 14.0. The zero-order valence-electron chi connectivity index (χ0n) is 12.4. The Labute approximate surface area is 123 Å². The first-order valence-electron chi connectivity index (χ1n) is 6.15. The number of halogens is 1. The maximum atomic E-state index is 11.1. The topological polar surface area (TPSA) is 78.5 Å². The van der Waals surface area contributed by atoms with Crippen LogP contribution in [0.5, 0.6) is 0 Å². The van der Waals surface area contributed by atoms with E-state index in [4.69, 9.17) is 4.74 Å². The van der Waals surface area contributed by atoms with Crippen LogP contribution in [0.1, 0.15) is 48.0 Å². The third kappa shape index (κ3) is 5.01. The molecule has 112 valence electrons. The van der Waals surface area contributed by atoms with Gasteiger partial charge >= 0.3 is 6.09 Å². The summed E-state index contributed by atoms with van der Waals surface area (Å²) in [5.74, 6) is 0. The van der Waals surface area contributed by atoms with Crippen molar-refractivity contribution in [1.82, 2.24) is 5.32 Å². The van der Waals surface area contributed by atoms with Gasteiger partial charge in [0.05, 0.1) is 6.61 Å². The fourth-order valence-corrected chi connectivity index (χ4v) is 2.44. The van der Waals surface area contributed by atoms with Crippen LogP contribution in [-0.2, 0) is 4.74 Å². The average molecular weight is 337 g/mol. The van der Waals surface area contributed by atoms with Crippen molar-refractivity contribution in [1.29, 1.82) is 0 Å². The average Bonchev–Trinajstić information content (AvgIpc) is 2.12. The van der Waals surface area contributed by atoms with Crippen molar-refractivity contribution < 1.29 is 19.4 Å². The van der Waals surface area contributed by atoms with Crippen molar-refractivity contribution in [2.45, 2.75) is 52.3 Å². The number of carbonyl (C=O) groups is 2. The molecule has 5 nitrogen and oxygen atoms in total. The maximum Gasteiger partial charge on any atom is 0.412 e. The van der Waals surface area contributed by atoms with Crippen LogP contribution in [0.4, 0.5) is 9.59 Å². The van der Waals surface area contributed by atoms with Crippen molar-refractivity contribution in [3.8, 4) is 0 Å². The van der Waals surface area contributed by atoms with Gasteiger partial charge in [0, 0.05) is 4.32 Å². The minimum Gasteiger partial charge on any atom is -0.530 e. The fourth-order valence-electron chi connectivity index (χ4n) is 2.28. The molecule has 0 fully saturated rings. The second-order valence-corrected chi connectivity index (χ2v) is 7.95. The van der Waals surface area contributed by atoms with Crippen molar-refractivity contribution in [3.05, 3.63) is 0 Å². The highest BCUT2D eigenvalue weighted by Gasteiger charge is 2.48. The van der Waals surface area contributed by atoms with E-state index in [-0.39, 0.29) is 21.8 Å². The molecule has 6 heteroatoms. The minimum atomic E-state index is -1.67. The first kappa shape index (κ1) is 18.2. The fraction of sp³-hybridized carbons (Fsp3) is 0.846. The highest BCUT2D eigenvalue weighted by atomic mass is 79.9. The Kier molecular flexibility index (Phi) is 5.86. The van der Waals surface area contributed by atoms with Gasteiger partial charge in [-0.25, -0.2) is 4.79 Å². The Morgan fingerprint density at radius 3 is 1.84 bits per heavy atom. The quantitative estimate of drug-likeness (QED) is 0.803. The summed E-state index contributed by atoms with van der Waals surface area (Å²) in [5.41, 5.74) is -0.112. The number of carboxylic acid groups (broad SMARTS) is 1. The van der Waals surface area contributed by atoms with Crippen LogP contribution < -0.4 is 10.4 Å². The van der Waals surface area contributed by atoms with E-state index in [1.54, 1.807) is 0 Å². The first-order chi connectivity index (χ1) is 8.31. The van der Waals surface area contributed by atoms with Crippen molar-refractivity contribution in [3.63, 3.8) is 0 Å². The summed E-state index contributed by atoms with van der Waals surface area (Å²) >= 11 is 3.79. The predicted octanol–water partition coefficient (Wildman–Crippen LogP) is 2.67. The number of hydrogen-bond acceptors (Lipinski definition) is 4. The molecule has 1 N–H and O–H groups in total. The minimum absolute atomic E-state index is 0.0561. The van der Waals surface area contributed by atoms with Gasteiger partial charge in [0.2, 0.25) is 0 Å². The molecule has 0 spiro atoms. The Morgan fingerprint density at radius 2 is 1.53 bits per heavy atom. The molecule has 0 aliphatic rings. The number of alkyl halides is 1. The predicted molar refractivity (Wildman–Crippen MR) is 75.1 cm³/mol. The molecule has 19 heavy (non-hydrogen) atoms. The lowest BCUT2D eigenvalue weighted by atomic mass is 9.65. The van der Waals surface area contributed by atoms with Crippen LogP contribution in [0.2, 0.25) is 0 Å². The largest absolute Gasteiger partial charge is 0.530 e. The van der Waals surface area contributed by atoms with Gasteiger partial charge in [-0.15, -0.1) is 0 Å². The van der Waals surface area contributed by atoms with E-state index in [1.807, 2.05) is 0 Å². The highest BCUT2D eigenvalue weighted by Crippen LogP contribution is 2.52. The monoisotopic (exact) mass is 336 g/mol. The zero-order chi connectivity index (χ0) is 15.5. The van der Waals surface area contributed by atoms with Crippen LogP contribution in [0, 0.1) is 10.8 Å². The third-order valence-electron chi connectivity index (χ3n) is 3.26. The van der Waals surface area contributed by atoms with Gasteiger partial charge in [-0.1, -0.05) is 57.5 Å². The lowest BCUT2D eigenvalue weighted by Gasteiger charge is -2.49. The number of hydrogen-bond donors (Lipinski definition) is 1. The molecule has 0 aliphatic heterocycles. The molecule has 0 aromatic carbocycles. The number of amides is 2. The van der Waals surface area contributed by atoms with E-state index in [2.05, 4.69) is 57.5 Å². The van der Waals surface area contributed by atoms with Gasteiger partial charge in [-0.2, -0.15) is 0 Å². The van der Waals surface area contributed by atoms with E-state index >= 15 is 0 Å². The van der Waals surface area contributed by atoms with E-state index in [9.17, 15) is 14.7 Å². The number of nitrogens with one attached hydrogen (secondary N) is 1. The van der Waals surface area contributed by atoms with E-state index in [1.165, 1.54) is 5.32 Å². The van der Waals surface area contributed by atoms with Gasteiger partial charge < -0.3 is 14.6 Å². The molecule has 0 aromatic rings. The lowest BCUT2D eigenvalue weighted by Crippen LogP contribution is -2.49.